The first-order valence-corrected chi connectivity index (χ1v) is 18.0. The van der Waals surface area contributed by atoms with Gasteiger partial charge in [-0.2, -0.15) is 0 Å². The molecule has 4 unspecified atom stereocenters. The molecule has 0 bridgehead atoms. The summed E-state index contributed by atoms with van der Waals surface area (Å²) in [6.07, 6.45) is 13.1. The molecule has 5 aliphatic rings. The summed E-state index contributed by atoms with van der Waals surface area (Å²) >= 11 is 0. The number of hydrogen-bond acceptors (Lipinski definition) is 5. The van der Waals surface area contributed by atoms with E-state index in [1.54, 1.807) is 6.26 Å². The van der Waals surface area contributed by atoms with E-state index >= 15 is 0 Å². The number of thiol groups is 1. The van der Waals surface area contributed by atoms with Crippen molar-refractivity contribution in [2.24, 2.45) is 52.3 Å². The molecule has 0 aromatic carbocycles. The third-order valence-electron chi connectivity index (χ3n) is 13.0. The van der Waals surface area contributed by atoms with E-state index in [1.165, 1.54) is 25.7 Å². The van der Waals surface area contributed by atoms with Gasteiger partial charge in [0.1, 0.15) is 0 Å². The molecule has 0 aromatic heterocycles. The molecule has 5 saturated carbocycles. The van der Waals surface area contributed by atoms with Crippen molar-refractivity contribution in [2.75, 3.05) is 12.9 Å². The maximum absolute atomic E-state index is 12.8. The Bertz CT molecular complexity index is 924. The third-order valence-corrected chi connectivity index (χ3v) is 15.6. The van der Waals surface area contributed by atoms with Gasteiger partial charge in [-0.15, -0.1) is 0 Å². The van der Waals surface area contributed by atoms with Crippen molar-refractivity contribution in [1.29, 1.82) is 0 Å². The fraction of sp³-hybridized carbons (Fsp3) is 0.968. The quantitative estimate of drug-likeness (QED) is 0.313. The van der Waals surface area contributed by atoms with Crippen LogP contribution < -0.4 is 4.72 Å². The third kappa shape index (κ3) is 4.78. The molecule has 5 rings (SSSR count). The highest BCUT2D eigenvalue weighted by Gasteiger charge is 2.64. The van der Waals surface area contributed by atoms with E-state index in [-0.39, 0.29) is 34.2 Å². The Labute approximate surface area is 232 Å². The van der Waals surface area contributed by atoms with E-state index in [2.05, 4.69) is 32.4 Å². The first-order chi connectivity index (χ1) is 17.9. The number of amides is 1. The second-order valence-electron chi connectivity index (χ2n) is 14.7. The average molecular weight is 554 g/mol. The molecule has 0 saturated heterocycles. The van der Waals surface area contributed by atoms with Crippen LogP contribution in [-0.2, 0) is 14.9 Å². The van der Waals surface area contributed by atoms with Crippen LogP contribution in [0.5, 0.6) is 0 Å². The highest BCUT2D eigenvalue weighted by molar-refractivity contribution is 8.01. The van der Waals surface area contributed by atoms with Gasteiger partial charge < -0.3 is 14.9 Å². The molecule has 7 heteroatoms. The summed E-state index contributed by atoms with van der Waals surface area (Å²) in [4.78, 5) is 12.4. The summed E-state index contributed by atoms with van der Waals surface area (Å²) in [5.74, 6) is 3.18. The van der Waals surface area contributed by atoms with E-state index in [0.717, 1.165) is 51.4 Å². The summed E-state index contributed by atoms with van der Waals surface area (Å²) in [5.41, 5.74) is 0.442. The fourth-order valence-electron chi connectivity index (χ4n) is 10.7. The molecule has 0 spiro atoms. The Hall–Kier alpha value is -0.660. The number of rotatable bonds is 7. The molecule has 0 aliphatic heterocycles. The van der Waals surface area contributed by atoms with Crippen molar-refractivity contribution in [3.8, 4) is 0 Å². The zero-order chi connectivity index (χ0) is 27.5. The number of aliphatic hydroxyl groups excluding tert-OH is 2. The minimum atomic E-state index is -2.68. The normalized spacial score (nSPS) is 46.2. The molecule has 3 N–H and O–H groups in total. The van der Waals surface area contributed by atoms with Crippen molar-refractivity contribution < 1.29 is 24.0 Å². The number of aliphatic hydroxyl groups is 2. The van der Waals surface area contributed by atoms with Gasteiger partial charge in [0.2, 0.25) is 0 Å². The molecule has 11 atom stereocenters. The zero-order valence-corrected chi connectivity index (χ0v) is 25.4. The largest absolute Gasteiger partial charge is 0.449 e. The second-order valence-corrected chi connectivity index (χ2v) is 17.6. The van der Waals surface area contributed by atoms with Crippen LogP contribution in [0.1, 0.15) is 105 Å². The van der Waals surface area contributed by atoms with Crippen LogP contribution in [0.25, 0.3) is 0 Å². The van der Waals surface area contributed by atoms with Gasteiger partial charge in [0.25, 0.3) is 0 Å². The minimum Gasteiger partial charge on any atom is -0.449 e. The summed E-state index contributed by atoms with van der Waals surface area (Å²) in [5, 5.41) is 22.5. The molecule has 0 heterocycles. The van der Waals surface area contributed by atoms with Gasteiger partial charge in [-0.05, 0) is 127 Å². The van der Waals surface area contributed by atoms with Crippen molar-refractivity contribution in [3.63, 3.8) is 0 Å². The molecule has 5 fully saturated rings. The van der Waals surface area contributed by atoms with Crippen molar-refractivity contribution in [1.82, 2.24) is 4.72 Å². The smallest absolute Gasteiger partial charge is 0.417 e. The van der Waals surface area contributed by atoms with Crippen LogP contribution in [0.2, 0.25) is 0 Å². The molecule has 220 valence electrons. The lowest BCUT2D eigenvalue weighted by Crippen LogP contribution is -2.62. The number of carbonyl (C=O) groups excluding carboxylic acids is 1. The van der Waals surface area contributed by atoms with Gasteiger partial charge in [0.15, 0.2) is 0 Å². The second kappa shape index (κ2) is 10.6. The van der Waals surface area contributed by atoms with Crippen LogP contribution in [0.3, 0.4) is 0 Å². The Morgan fingerprint density at radius 1 is 1.03 bits per heavy atom. The molecule has 1 amide bonds. The minimum absolute atomic E-state index is 0.123. The standard InChI is InChI=1S/C31H55NO5S/c1-6-22-26-18-20(33)12-15-31(26,4)25-13-16-30(3)23(10-11-24(30)27(25)28(22)34)19(2)14-17-37-29(35)32-38(5,36)21-8-7-9-21/h19-28,33-34,38H,6-18H2,1-5H3,(H,32,35,36)/t19-,20-,22-,23-,24+,25+,26?,27?,28-,30?,31?/m1/s1. The summed E-state index contributed by atoms with van der Waals surface area (Å²) in [6, 6.07) is 0. The predicted molar refractivity (Wildman–Crippen MR) is 153 cm³/mol. The summed E-state index contributed by atoms with van der Waals surface area (Å²) < 4.78 is 21.0. The van der Waals surface area contributed by atoms with Gasteiger partial charge >= 0.3 is 6.09 Å². The monoisotopic (exact) mass is 553 g/mol. The summed E-state index contributed by atoms with van der Waals surface area (Å²) in [6.45, 7) is 9.90. The van der Waals surface area contributed by atoms with E-state index < -0.39 is 16.2 Å². The van der Waals surface area contributed by atoms with Crippen LogP contribution >= 0.6 is 0 Å². The number of hydrogen-bond donors (Lipinski definition) is 4. The molecule has 0 aromatic rings. The number of carbonyl (C=O) groups is 1. The molecule has 0 radical (unpaired) electrons. The lowest BCUT2D eigenvalue weighted by atomic mass is 9.41. The van der Waals surface area contributed by atoms with Crippen molar-refractivity contribution in [2.45, 2.75) is 122 Å². The maximum atomic E-state index is 12.8. The van der Waals surface area contributed by atoms with Crippen molar-refractivity contribution >= 4 is 16.2 Å². The first-order valence-electron chi connectivity index (χ1n) is 15.8. The lowest BCUT2D eigenvalue weighted by molar-refractivity contribution is -0.203. The van der Waals surface area contributed by atoms with E-state index in [4.69, 9.17) is 4.74 Å². The van der Waals surface area contributed by atoms with E-state index in [0.29, 0.717) is 42.1 Å². The van der Waals surface area contributed by atoms with Crippen LogP contribution in [-0.4, -0.2) is 50.8 Å². The van der Waals surface area contributed by atoms with Crippen LogP contribution in [0, 0.1) is 52.3 Å². The van der Waals surface area contributed by atoms with E-state index in [9.17, 15) is 19.2 Å². The Balaban J connectivity index is 1.23. The highest BCUT2D eigenvalue weighted by Crippen LogP contribution is 2.69. The SMILES string of the molecule is CC[C@@H]1C2C[C@H](O)CCC2(C)[C@H]2CCC3(C)[C@@H]([C@H](C)CCOC(=O)N[SH](C)(=O)C4CCC4)CC[C@H]3C2[C@@H]1O. The molecule has 6 nitrogen and oxygen atoms in total. The van der Waals surface area contributed by atoms with E-state index in [1.807, 2.05) is 0 Å². The zero-order valence-electron chi connectivity index (χ0n) is 24.5. The predicted octanol–water partition coefficient (Wildman–Crippen LogP) is 5.48. The van der Waals surface area contributed by atoms with Gasteiger partial charge in [-0.1, -0.05) is 40.5 Å². The average Bonchev–Trinajstić information content (AvgIpc) is 3.15. The topological polar surface area (TPSA) is 95.9 Å². The lowest BCUT2D eigenvalue weighted by Gasteiger charge is -2.64. The molecule has 38 heavy (non-hydrogen) atoms. The maximum Gasteiger partial charge on any atom is 0.417 e. The number of nitrogens with one attached hydrogen (secondary N) is 1. The number of ether oxygens (including phenoxy) is 1. The van der Waals surface area contributed by atoms with Crippen LogP contribution in [0.4, 0.5) is 4.79 Å². The molecular formula is C31H55NO5S. The Morgan fingerprint density at radius 2 is 1.71 bits per heavy atom. The molecular weight excluding hydrogens is 498 g/mol. The van der Waals surface area contributed by atoms with Crippen molar-refractivity contribution in [3.05, 3.63) is 0 Å². The van der Waals surface area contributed by atoms with Gasteiger partial charge in [-0.25, -0.2) is 4.79 Å². The summed E-state index contributed by atoms with van der Waals surface area (Å²) in [7, 11) is -2.68. The Morgan fingerprint density at radius 3 is 2.37 bits per heavy atom. The van der Waals surface area contributed by atoms with Gasteiger partial charge in [0.05, 0.1) is 18.8 Å². The molecule has 5 aliphatic carbocycles. The van der Waals surface area contributed by atoms with Crippen LogP contribution in [0.15, 0.2) is 0 Å². The Kier molecular flexibility index (Phi) is 8.07. The van der Waals surface area contributed by atoms with Gasteiger partial charge in [-0.3, -0.25) is 8.93 Å². The highest BCUT2D eigenvalue weighted by atomic mass is 32.3. The first kappa shape index (κ1) is 28.9. The fourth-order valence-corrected chi connectivity index (χ4v) is 12.6. The number of fused-ring (bicyclic) bond motifs is 5. The van der Waals surface area contributed by atoms with Gasteiger partial charge in [0, 0.05) is 11.5 Å².